The molecule has 2 unspecified atom stereocenters. The predicted octanol–water partition coefficient (Wildman–Crippen LogP) is 2.73. The van der Waals surface area contributed by atoms with Gasteiger partial charge in [0.1, 0.15) is 0 Å². The number of carbonyl (C=O) groups excluding carboxylic acids is 1. The van der Waals surface area contributed by atoms with Crippen molar-refractivity contribution >= 4 is 6.03 Å². The number of nitrogens with zero attached hydrogens (tertiary/aromatic N) is 1. The van der Waals surface area contributed by atoms with Crippen LogP contribution < -0.4 is 16.3 Å². The Morgan fingerprint density at radius 2 is 1.80 bits per heavy atom. The third kappa shape index (κ3) is 4.43. The molecular weight excluding hydrogens is 510 g/mol. The molecule has 1 aromatic rings. The molecule has 5 aliphatic rings. The number of aliphatic hydroxyl groups is 3. The van der Waals surface area contributed by atoms with Crippen molar-refractivity contribution in [3.63, 3.8) is 0 Å². The molecule has 0 spiro atoms. The lowest BCUT2D eigenvalue weighted by Gasteiger charge is -2.66. The Kier molecular flexibility index (Phi) is 7.12. The van der Waals surface area contributed by atoms with Crippen LogP contribution in [0.1, 0.15) is 89.5 Å². The second-order valence-electron chi connectivity index (χ2n) is 14.1. The van der Waals surface area contributed by atoms with E-state index in [0.29, 0.717) is 25.9 Å². The standard InChI is InChI=1S/C31H47N3O6/c1-28-10-5-21(33-27(37)32-14-16-34-15-9-22(35)18-34)17-30(28,38)12-7-25-24(28)6-11-29(2)23(8-13-31(25,29)39)20-3-4-26(36)40-19-20/h3-4,19,21-25,35,38-39H,5-18H2,1-2H3,(H2,32,33,37)/t21-,22-,23+,24-,25+,28?,29?,30-,31-/m0/s1. The first kappa shape index (κ1) is 28.2. The molecule has 2 heterocycles. The molecule has 9 nitrogen and oxygen atoms in total. The lowest BCUT2D eigenvalue weighted by atomic mass is 9.42. The van der Waals surface area contributed by atoms with Crippen LogP contribution in [0.15, 0.2) is 27.6 Å². The average molecular weight is 558 g/mol. The molecule has 9 atom stereocenters. The highest BCUT2D eigenvalue weighted by Crippen LogP contribution is 2.71. The van der Waals surface area contributed by atoms with Gasteiger partial charge in [0.25, 0.3) is 0 Å². The minimum atomic E-state index is -0.874. The van der Waals surface area contributed by atoms with Crippen molar-refractivity contribution in [1.29, 1.82) is 0 Å². The van der Waals surface area contributed by atoms with Crippen LogP contribution >= 0.6 is 0 Å². The Morgan fingerprint density at radius 1 is 1.02 bits per heavy atom. The third-order valence-electron chi connectivity index (χ3n) is 12.4. The van der Waals surface area contributed by atoms with Crippen molar-refractivity contribution in [2.45, 2.75) is 107 Å². The number of carbonyl (C=O) groups is 1. The molecule has 222 valence electrons. The van der Waals surface area contributed by atoms with Crippen LogP contribution in [0.5, 0.6) is 0 Å². The van der Waals surface area contributed by atoms with E-state index >= 15 is 0 Å². The lowest BCUT2D eigenvalue weighted by Crippen LogP contribution is -2.68. The zero-order valence-electron chi connectivity index (χ0n) is 24.0. The van der Waals surface area contributed by atoms with Crippen LogP contribution in [0.25, 0.3) is 0 Å². The van der Waals surface area contributed by atoms with Crippen LogP contribution in [0.2, 0.25) is 0 Å². The van der Waals surface area contributed by atoms with Crippen molar-refractivity contribution in [3.8, 4) is 0 Å². The molecule has 0 radical (unpaired) electrons. The number of urea groups is 1. The molecule has 0 bridgehead atoms. The molecule has 4 saturated carbocycles. The SMILES string of the molecule is CC12CC[C@H](NC(=O)NCCN3CC[C@H](O)C3)C[C@@]1(O)CC[C@@H]1[C@@H]2CCC2(C)[C@@H](c3ccc(=O)oc3)CC[C@]12O. The van der Waals surface area contributed by atoms with Gasteiger partial charge in [0.15, 0.2) is 0 Å². The average Bonchev–Trinajstić information content (AvgIpc) is 3.45. The van der Waals surface area contributed by atoms with E-state index in [9.17, 15) is 24.9 Å². The first-order chi connectivity index (χ1) is 19.0. The van der Waals surface area contributed by atoms with Gasteiger partial charge in [0.2, 0.25) is 0 Å². The highest BCUT2D eigenvalue weighted by atomic mass is 16.4. The number of fused-ring (bicyclic) bond motifs is 5. The molecule has 9 heteroatoms. The number of hydrogen-bond acceptors (Lipinski definition) is 7. The van der Waals surface area contributed by atoms with Crippen molar-refractivity contribution < 1.29 is 24.5 Å². The van der Waals surface area contributed by atoms with Gasteiger partial charge in [0.05, 0.1) is 23.6 Å². The zero-order chi connectivity index (χ0) is 28.3. The van der Waals surface area contributed by atoms with Gasteiger partial charge in [-0.1, -0.05) is 13.8 Å². The zero-order valence-corrected chi connectivity index (χ0v) is 24.0. The van der Waals surface area contributed by atoms with Gasteiger partial charge in [-0.15, -0.1) is 0 Å². The number of nitrogens with one attached hydrogen (secondary N) is 2. The number of hydrogen-bond donors (Lipinski definition) is 5. The number of amides is 2. The molecule has 6 rings (SSSR count). The van der Waals surface area contributed by atoms with Gasteiger partial charge in [-0.05, 0) is 99.0 Å². The van der Waals surface area contributed by atoms with Gasteiger partial charge in [-0.3, -0.25) is 4.90 Å². The summed E-state index contributed by atoms with van der Waals surface area (Å²) in [5, 5.41) is 40.3. The quantitative estimate of drug-likeness (QED) is 0.376. The third-order valence-corrected chi connectivity index (χ3v) is 12.4. The topological polar surface area (TPSA) is 135 Å². The first-order valence-corrected chi connectivity index (χ1v) is 15.5. The highest BCUT2D eigenvalue weighted by Gasteiger charge is 2.70. The maximum absolute atomic E-state index is 12.7. The van der Waals surface area contributed by atoms with Gasteiger partial charge >= 0.3 is 11.7 Å². The van der Waals surface area contributed by atoms with Crippen LogP contribution in [0.4, 0.5) is 4.79 Å². The van der Waals surface area contributed by atoms with Gasteiger partial charge < -0.3 is 30.4 Å². The Bertz CT molecular complexity index is 1160. The van der Waals surface area contributed by atoms with Crippen LogP contribution in [-0.4, -0.2) is 75.8 Å². The number of likely N-dealkylation sites (tertiary alicyclic amines) is 1. The molecule has 2 amide bonds. The minimum Gasteiger partial charge on any atom is -0.431 e. The molecule has 5 fully saturated rings. The summed E-state index contributed by atoms with van der Waals surface area (Å²) in [5.74, 6) is 0.488. The number of β-amino-alcohol motifs (C(OH)–C–C–N with tert-alkyl or cyclic N) is 1. The van der Waals surface area contributed by atoms with Crippen LogP contribution in [0, 0.1) is 22.7 Å². The Balaban J connectivity index is 1.11. The molecule has 1 aromatic heterocycles. The summed E-state index contributed by atoms with van der Waals surface area (Å²) in [7, 11) is 0. The van der Waals surface area contributed by atoms with Crippen molar-refractivity contribution in [2.24, 2.45) is 22.7 Å². The van der Waals surface area contributed by atoms with E-state index in [4.69, 9.17) is 4.42 Å². The van der Waals surface area contributed by atoms with Gasteiger partial charge in [0, 0.05) is 43.7 Å². The monoisotopic (exact) mass is 557 g/mol. The second-order valence-corrected chi connectivity index (χ2v) is 14.1. The summed E-state index contributed by atoms with van der Waals surface area (Å²) in [6, 6.07) is 3.07. The molecule has 0 aromatic carbocycles. The van der Waals surface area contributed by atoms with Crippen molar-refractivity contribution in [1.82, 2.24) is 15.5 Å². The summed E-state index contributed by atoms with van der Waals surface area (Å²) >= 11 is 0. The molecule has 5 N–H and O–H groups in total. The predicted molar refractivity (Wildman–Crippen MR) is 150 cm³/mol. The Hall–Kier alpha value is -1.94. The fraction of sp³-hybridized carbons (Fsp3) is 0.806. The highest BCUT2D eigenvalue weighted by molar-refractivity contribution is 5.74. The normalized spacial score (nSPS) is 44.9. The number of aliphatic hydroxyl groups excluding tert-OH is 1. The van der Waals surface area contributed by atoms with E-state index in [1.54, 1.807) is 6.26 Å². The van der Waals surface area contributed by atoms with Crippen LogP contribution in [-0.2, 0) is 0 Å². The van der Waals surface area contributed by atoms with Crippen molar-refractivity contribution in [3.05, 3.63) is 34.4 Å². The fourth-order valence-corrected chi connectivity index (χ4v) is 10.0. The maximum atomic E-state index is 12.7. The molecule has 4 aliphatic carbocycles. The largest absolute Gasteiger partial charge is 0.431 e. The maximum Gasteiger partial charge on any atom is 0.335 e. The Morgan fingerprint density at radius 3 is 2.52 bits per heavy atom. The summed E-state index contributed by atoms with van der Waals surface area (Å²) in [6.07, 6.45) is 9.12. The summed E-state index contributed by atoms with van der Waals surface area (Å²) in [4.78, 5) is 26.4. The molecule has 40 heavy (non-hydrogen) atoms. The lowest BCUT2D eigenvalue weighted by molar-refractivity contribution is -0.247. The van der Waals surface area contributed by atoms with E-state index in [0.717, 1.165) is 70.0 Å². The van der Waals surface area contributed by atoms with Crippen molar-refractivity contribution in [2.75, 3.05) is 26.2 Å². The van der Waals surface area contributed by atoms with E-state index in [1.807, 2.05) is 6.07 Å². The molecular formula is C31H47N3O6. The van der Waals surface area contributed by atoms with Gasteiger partial charge in [-0.25, -0.2) is 9.59 Å². The summed E-state index contributed by atoms with van der Waals surface area (Å²) < 4.78 is 5.21. The van der Waals surface area contributed by atoms with Gasteiger partial charge in [-0.2, -0.15) is 0 Å². The first-order valence-electron chi connectivity index (χ1n) is 15.5. The smallest absolute Gasteiger partial charge is 0.335 e. The van der Waals surface area contributed by atoms with E-state index in [-0.39, 0.29) is 52.4 Å². The fourth-order valence-electron chi connectivity index (χ4n) is 10.0. The van der Waals surface area contributed by atoms with E-state index in [1.165, 1.54) is 6.07 Å². The number of rotatable bonds is 5. The van der Waals surface area contributed by atoms with Crippen LogP contribution in [0.3, 0.4) is 0 Å². The second kappa shape index (κ2) is 10.1. The van der Waals surface area contributed by atoms with E-state index in [2.05, 4.69) is 29.4 Å². The minimum absolute atomic E-state index is 0.0798. The van der Waals surface area contributed by atoms with E-state index < -0.39 is 11.2 Å². The summed E-state index contributed by atoms with van der Waals surface area (Å²) in [5.41, 5.74) is -1.66. The Labute approximate surface area is 236 Å². The molecule has 1 saturated heterocycles. The summed E-state index contributed by atoms with van der Waals surface area (Å²) in [6.45, 7) is 7.24. The molecule has 1 aliphatic heterocycles.